The zero-order chi connectivity index (χ0) is 14.4. The highest BCUT2D eigenvalue weighted by molar-refractivity contribution is 7.99. The van der Waals surface area contributed by atoms with Crippen molar-refractivity contribution in [3.63, 3.8) is 0 Å². The third-order valence-electron chi connectivity index (χ3n) is 2.49. The van der Waals surface area contributed by atoms with Gasteiger partial charge in [-0.1, -0.05) is 11.8 Å². The lowest BCUT2D eigenvalue weighted by Crippen LogP contribution is -2.13. The van der Waals surface area contributed by atoms with Crippen LogP contribution in [0.1, 0.15) is 6.42 Å². The zero-order valence-corrected chi connectivity index (χ0v) is 11.7. The maximum absolute atomic E-state index is 11.8. The summed E-state index contributed by atoms with van der Waals surface area (Å²) in [6, 6.07) is 5.13. The summed E-state index contributed by atoms with van der Waals surface area (Å²) in [7, 11) is 1.56. The molecule has 0 bridgehead atoms. The van der Waals surface area contributed by atoms with Gasteiger partial charge in [-0.15, -0.1) is 0 Å². The lowest BCUT2D eigenvalue weighted by Gasteiger charge is -2.09. The Morgan fingerprint density at radius 1 is 1.55 bits per heavy atom. The van der Waals surface area contributed by atoms with Gasteiger partial charge in [0, 0.05) is 18.2 Å². The van der Waals surface area contributed by atoms with Crippen molar-refractivity contribution in [2.24, 2.45) is 0 Å². The number of ether oxygens (including phenoxy) is 1. The van der Waals surface area contributed by atoms with Crippen molar-refractivity contribution < 1.29 is 9.53 Å². The predicted octanol–water partition coefficient (Wildman–Crippen LogP) is 1.52. The number of hydrogen-bond acceptors (Lipinski definition) is 6. The van der Waals surface area contributed by atoms with Gasteiger partial charge in [0.1, 0.15) is 12.1 Å². The molecule has 1 aromatic heterocycles. The summed E-state index contributed by atoms with van der Waals surface area (Å²) in [6.45, 7) is 0. The molecule has 0 radical (unpaired) electrons. The molecule has 0 saturated carbocycles. The molecule has 106 valence electrons. The average Bonchev–Trinajstić information content (AvgIpc) is 2.94. The fraction of sp³-hybridized carbons (Fsp3) is 0.250. The zero-order valence-electron chi connectivity index (χ0n) is 10.9. The van der Waals surface area contributed by atoms with E-state index in [1.54, 1.807) is 25.3 Å². The minimum atomic E-state index is -0.103. The van der Waals surface area contributed by atoms with Crippen LogP contribution in [0.15, 0.2) is 29.7 Å². The van der Waals surface area contributed by atoms with Gasteiger partial charge >= 0.3 is 0 Å². The van der Waals surface area contributed by atoms with E-state index in [4.69, 9.17) is 10.5 Å². The molecule has 0 atom stereocenters. The van der Waals surface area contributed by atoms with Crippen LogP contribution >= 0.6 is 11.8 Å². The van der Waals surface area contributed by atoms with E-state index in [1.807, 2.05) is 0 Å². The maximum Gasteiger partial charge on any atom is 0.225 e. The molecule has 2 aromatic rings. The van der Waals surface area contributed by atoms with E-state index in [1.165, 1.54) is 18.1 Å². The monoisotopic (exact) mass is 293 g/mol. The van der Waals surface area contributed by atoms with E-state index in [9.17, 15) is 4.79 Å². The number of nitrogen functional groups attached to an aromatic ring is 1. The summed E-state index contributed by atoms with van der Waals surface area (Å²) in [6.07, 6.45) is 1.79. The number of nitrogens with two attached hydrogens (primary N) is 1. The molecule has 0 aliphatic heterocycles. The molecule has 2 rings (SSSR count). The van der Waals surface area contributed by atoms with Crippen molar-refractivity contribution in [3.05, 3.63) is 24.5 Å². The Bertz CT molecular complexity index is 573. The fourth-order valence-electron chi connectivity index (χ4n) is 1.50. The SMILES string of the molecule is COc1ccc(NC(=O)CCSc2ncn[nH]2)c(N)c1. The third kappa shape index (κ3) is 3.89. The van der Waals surface area contributed by atoms with E-state index in [2.05, 4.69) is 20.5 Å². The van der Waals surface area contributed by atoms with Gasteiger partial charge in [-0.3, -0.25) is 9.89 Å². The number of nitrogens with one attached hydrogen (secondary N) is 2. The summed E-state index contributed by atoms with van der Waals surface area (Å²) >= 11 is 1.43. The molecule has 7 nitrogen and oxygen atoms in total. The molecule has 0 spiro atoms. The number of aromatic nitrogens is 3. The molecule has 0 aliphatic carbocycles. The van der Waals surface area contributed by atoms with Crippen molar-refractivity contribution in [1.29, 1.82) is 0 Å². The number of thioether (sulfide) groups is 1. The average molecular weight is 293 g/mol. The Morgan fingerprint density at radius 2 is 2.40 bits per heavy atom. The molecule has 0 fully saturated rings. The normalized spacial score (nSPS) is 10.2. The van der Waals surface area contributed by atoms with Crippen LogP contribution in [0.5, 0.6) is 5.75 Å². The summed E-state index contributed by atoms with van der Waals surface area (Å²) in [5.41, 5.74) is 6.88. The largest absolute Gasteiger partial charge is 0.497 e. The quantitative estimate of drug-likeness (QED) is 0.550. The van der Waals surface area contributed by atoms with E-state index in [0.717, 1.165) is 0 Å². The number of nitrogens with zero attached hydrogens (tertiary/aromatic N) is 2. The summed E-state index contributed by atoms with van der Waals surface area (Å²) in [5, 5.41) is 9.91. The van der Waals surface area contributed by atoms with E-state index >= 15 is 0 Å². The molecule has 1 amide bonds. The fourth-order valence-corrected chi connectivity index (χ4v) is 2.22. The van der Waals surface area contributed by atoms with Crippen molar-refractivity contribution in [2.45, 2.75) is 11.6 Å². The first kappa shape index (κ1) is 14.2. The molecule has 8 heteroatoms. The van der Waals surface area contributed by atoms with Crippen molar-refractivity contribution in [1.82, 2.24) is 15.2 Å². The molecule has 1 heterocycles. The van der Waals surface area contributed by atoms with Gasteiger partial charge < -0.3 is 15.8 Å². The second-order valence-corrected chi connectivity index (χ2v) is 4.97. The molecule has 0 unspecified atom stereocenters. The first-order valence-corrected chi connectivity index (χ1v) is 6.89. The number of rotatable bonds is 6. The van der Waals surface area contributed by atoms with E-state index in [0.29, 0.717) is 34.5 Å². The number of methoxy groups -OCH3 is 1. The van der Waals surface area contributed by atoms with Crippen LogP contribution < -0.4 is 15.8 Å². The number of aromatic amines is 1. The van der Waals surface area contributed by atoms with Gasteiger partial charge in [0.25, 0.3) is 0 Å². The van der Waals surface area contributed by atoms with Gasteiger partial charge in [-0.05, 0) is 12.1 Å². The van der Waals surface area contributed by atoms with Crippen LogP contribution in [0.3, 0.4) is 0 Å². The first-order chi connectivity index (χ1) is 9.69. The lowest BCUT2D eigenvalue weighted by atomic mass is 10.2. The molecular weight excluding hydrogens is 278 g/mol. The van der Waals surface area contributed by atoms with Crippen LogP contribution in [-0.4, -0.2) is 34.0 Å². The van der Waals surface area contributed by atoms with Crippen LogP contribution in [0.2, 0.25) is 0 Å². The van der Waals surface area contributed by atoms with Crippen molar-refractivity contribution in [3.8, 4) is 5.75 Å². The molecule has 0 aliphatic rings. The second-order valence-electron chi connectivity index (χ2n) is 3.89. The Balaban J connectivity index is 1.82. The molecule has 4 N–H and O–H groups in total. The number of benzene rings is 1. The van der Waals surface area contributed by atoms with Gasteiger partial charge in [0.15, 0.2) is 5.16 Å². The van der Waals surface area contributed by atoms with E-state index in [-0.39, 0.29) is 5.91 Å². The Hall–Kier alpha value is -2.22. The van der Waals surface area contributed by atoms with Gasteiger partial charge in [-0.2, -0.15) is 5.10 Å². The predicted molar refractivity (Wildman–Crippen MR) is 77.8 cm³/mol. The van der Waals surface area contributed by atoms with Gasteiger partial charge in [0.2, 0.25) is 5.91 Å². The van der Waals surface area contributed by atoms with Gasteiger partial charge in [0.05, 0.1) is 18.5 Å². The number of carbonyl (C=O) groups is 1. The lowest BCUT2D eigenvalue weighted by molar-refractivity contribution is -0.115. The van der Waals surface area contributed by atoms with Crippen LogP contribution in [0.25, 0.3) is 0 Å². The molecule has 20 heavy (non-hydrogen) atoms. The highest BCUT2D eigenvalue weighted by atomic mass is 32.2. The number of hydrogen-bond donors (Lipinski definition) is 3. The smallest absolute Gasteiger partial charge is 0.225 e. The summed E-state index contributed by atoms with van der Waals surface area (Å²) < 4.78 is 5.05. The number of H-pyrrole nitrogens is 1. The number of amides is 1. The molecular formula is C12H15N5O2S. The Labute approximate surface area is 120 Å². The van der Waals surface area contributed by atoms with Crippen LogP contribution in [-0.2, 0) is 4.79 Å². The minimum Gasteiger partial charge on any atom is -0.497 e. The number of carbonyl (C=O) groups excluding carboxylic acids is 1. The van der Waals surface area contributed by atoms with Crippen molar-refractivity contribution in [2.75, 3.05) is 23.9 Å². The topological polar surface area (TPSA) is 106 Å². The van der Waals surface area contributed by atoms with Crippen LogP contribution in [0.4, 0.5) is 11.4 Å². The summed E-state index contributed by atoms with van der Waals surface area (Å²) in [4.78, 5) is 15.8. The molecule has 1 aromatic carbocycles. The Morgan fingerprint density at radius 3 is 3.05 bits per heavy atom. The minimum absolute atomic E-state index is 0.103. The Kier molecular flexibility index (Phi) is 4.83. The first-order valence-electron chi connectivity index (χ1n) is 5.90. The number of anilines is 2. The highest BCUT2D eigenvalue weighted by Crippen LogP contribution is 2.24. The van der Waals surface area contributed by atoms with Crippen molar-refractivity contribution >= 4 is 29.0 Å². The maximum atomic E-state index is 11.8. The standard InChI is InChI=1S/C12H15N5O2S/c1-19-8-2-3-10(9(13)6-8)16-11(18)4-5-20-12-14-7-15-17-12/h2-3,6-7H,4-5,13H2,1H3,(H,16,18)(H,14,15,17). The third-order valence-corrected chi connectivity index (χ3v) is 3.37. The van der Waals surface area contributed by atoms with E-state index < -0.39 is 0 Å². The second kappa shape index (κ2) is 6.80. The van der Waals surface area contributed by atoms with Crippen LogP contribution in [0, 0.1) is 0 Å². The summed E-state index contributed by atoms with van der Waals surface area (Å²) in [5.74, 6) is 1.16. The van der Waals surface area contributed by atoms with Gasteiger partial charge in [-0.25, -0.2) is 4.98 Å². The molecule has 0 saturated heterocycles. The highest BCUT2D eigenvalue weighted by Gasteiger charge is 2.07.